The molecule has 0 saturated carbocycles. The highest BCUT2D eigenvalue weighted by Crippen LogP contribution is 2.12. The second-order valence-corrected chi connectivity index (χ2v) is 2.59. The van der Waals surface area contributed by atoms with Crippen LogP contribution in [0.15, 0.2) is 5.57 Å². The first kappa shape index (κ1) is 8.47. The quantitative estimate of drug-likeness (QED) is 0.552. The Balaban J connectivity index is 2.39. The molecule has 11 heavy (non-hydrogen) atoms. The maximum absolute atomic E-state index is 10.3. The zero-order chi connectivity index (χ0) is 8.10. The summed E-state index contributed by atoms with van der Waals surface area (Å²) in [6, 6.07) is 0. The topological polar surface area (TPSA) is 29.5 Å². The second kappa shape index (κ2) is 4.29. The van der Waals surface area contributed by atoms with Crippen molar-refractivity contribution < 1.29 is 9.63 Å². The van der Waals surface area contributed by atoms with Crippen LogP contribution in [0.3, 0.4) is 0 Å². The number of rotatable bonds is 2. The minimum Gasteiger partial charge on any atom is -0.299 e. The number of hydrogen-bond donors (Lipinski definition) is 0. The summed E-state index contributed by atoms with van der Waals surface area (Å²) < 4.78 is 0. The lowest BCUT2D eigenvalue weighted by Gasteiger charge is -2.25. The van der Waals surface area contributed by atoms with E-state index in [1.807, 2.05) is 17.9 Å². The van der Waals surface area contributed by atoms with Crippen molar-refractivity contribution in [3.63, 3.8) is 0 Å². The lowest BCUT2D eigenvalue weighted by atomic mass is 10.1. The SMILES string of the molecule is CCON1CCCC(=C=O)C1. The van der Waals surface area contributed by atoms with Crippen LogP contribution in [0, 0.1) is 0 Å². The van der Waals surface area contributed by atoms with Crippen LogP contribution in [-0.2, 0) is 9.63 Å². The van der Waals surface area contributed by atoms with E-state index >= 15 is 0 Å². The van der Waals surface area contributed by atoms with E-state index in [-0.39, 0.29) is 0 Å². The lowest BCUT2D eigenvalue weighted by molar-refractivity contribution is -0.154. The predicted molar refractivity (Wildman–Crippen MR) is 41.6 cm³/mol. The Morgan fingerprint density at radius 3 is 3.18 bits per heavy atom. The molecule has 3 nitrogen and oxygen atoms in total. The average Bonchev–Trinajstić information content (AvgIpc) is 2.06. The van der Waals surface area contributed by atoms with Gasteiger partial charge in [0.05, 0.1) is 13.2 Å². The molecule has 1 aliphatic heterocycles. The van der Waals surface area contributed by atoms with Gasteiger partial charge in [-0.25, -0.2) is 4.79 Å². The van der Waals surface area contributed by atoms with E-state index in [2.05, 4.69) is 0 Å². The number of nitrogens with zero attached hydrogens (tertiary/aromatic N) is 1. The molecule has 1 aliphatic rings. The van der Waals surface area contributed by atoms with Gasteiger partial charge in [-0.3, -0.25) is 4.84 Å². The molecule has 0 N–H and O–H groups in total. The number of hydroxylamine groups is 2. The van der Waals surface area contributed by atoms with E-state index in [4.69, 9.17) is 4.84 Å². The standard InChI is InChI=1S/C8H13NO2/c1-2-11-9-5-3-4-8(6-9)7-10/h2-6H2,1H3. The molecule has 1 rings (SSSR count). The van der Waals surface area contributed by atoms with Crippen LogP contribution < -0.4 is 0 Å². The third kappa shape index (κ3) is 2.46. The van der Waals surface area contributed by atoms with E-state index in [0.717, 1.165) is 25.0 Å². The Labute approximate surface area is 66.6 Å². The maximum Gasteiger partial charge on any atom is 0.124 e. The van der Waals surface area contributed by atoms with Gasteiger partial charge in [-0.05, 0) is 19.8 Å². The first-order valence-electron chi connectivity index (χ1n) is 3.97. The van der Waals surface area contributed by atoms with E-state index in [1.54, 1.807) is 0 Å². The highest BCUT2D eigenvalue weighted by molar-refractivity contribution is 5.53. The van der Waals surface area contributed by atoms with Crippen molar-refractivity contribution in [2.24, 2.45) is 0 Å². The summed E-state index contributed by atoms with van der Waals surface area (Å²) in [6.45, 7) is 4.18. The van der Waals surface area contributed by atoms with Crippen molar-refractivity contribution in [1.29, 1.82) is 0 Å². The zero-order valence-corrected chi connectivity index (χ0v) is 6.80. The Bertz CT molecular complexity index is 171. The third-order valence-electron chi connectivity index (χ3n) is 1.71. The molecule has 0 amide bonds. The number of piperidine rings is 1. The van der Waals surface area contributed by atoms with Gasteiger partial charge >= 0.3 is 0 Å². The normalized spacial score (nSPS) is 19.9. The van der Waals surface area contributed by atoms with Gasteiger partial charge < -0.3 is 0 Å². The molecule has 1 saturated heterocycles. The van der Waals surface area contributed by atoms with E-state index in [1.165, 1.54) is 0 Å². The highest BCUT2D eigenvalue weighted by atomic mass is 16.7. The van der Waals surface area contributed by atoms with Gasteiger partial charge in [-0.2, -0.15) is 5.06 Å². The Hall–Kier alpha value is -0.630. The molecule has 0 aromatic rings. The van der Waals surface area contributed by atoms with Crippen LogP contribution >= 0.6 is 0 Å². The summed E-state index contributed by atoms with van der Waals surface area (Å²) >= 11 is 0. The van der Waals surface area contributed by atoms with E-state index in [0.29, 0.717) is 13.2 Å². The summed E-state index contributed by atoms with van der Waals surface area (Å²) in [5, 5.41) is 1.82. The van der Waals surface area contributed by atoms with Gasteiger partial charge in [-0.1, -0.05) is 0 Å². The van der Waals surface area contributed by atoms with Crippen LogP contribution in [0.4, 0.5) is 0 Å². The van der Waals surface area contributed by atoms with Gasteiger partial charge in [-0.15, -0.1) is 0 Å². The van der Waals surface area contributed by atoms with Gasteiger partial charge in [0, 0.05) is 12.1 Å². The van der Waals surface area contributed by atoms with Crippen molar-refractivity contribution >= 4 is 5.94 Å². The second-order valence-electron chi connectivity index (χ2n) is 2.59. The van der Waals surface area contributed by atoms with Crippen LogP contribution in [0.25, 0.3) is 0 Å². The first-order chi connectivity index (χ1) is 5.36. The molecular formula is C8H13NO2. The molecule has 0 unspecified atom stereocenters. The monoisotopic (exact) mass is 155 g/mol. The Morgan fingerprint density at radius 1 is 1.73 bits per heavy atom. The summed E-state index contributed by atoms with van der Waals surface area (Å²) in [5.41, 5.74) is 0.824. The zero-order valence-electron chi connectivity index (χ0n) is 6.80. The van der Waals surface area contributed by atoms with Crippen molar-refractivity contribution in [3.8, 4) is 0 Å². The largest absolute Gasteiger partial charge is 0.299 e. The van der Waals surface area contributed by atoms with Crippen LogP contribution in [0.1, 0.15) is 19.8 Å². The molecule has 0 radical (unpaired) electrons. The number of hydrogen-bond acceptors (Lipinski definition) is 3. The fourth-order valence-corrected chi connectivity index (χ4v) is 1.22. The minimum absolute atomic E-state index is 0.636. The maximum atomic E-state index is 10.3. The van der Waals surface area contributed by atoms with E-state index in [9.17, 15) is 4.79 Å². The fraction of sp³-hybridized carbons (Fsp3) is 0.750. The van der Waals surface area contributed by atoms with Crippen molar-refractivity contribution in [2.45, 2.75) is 19.8 Å². The van der Waals surface area contributed by atoms with Crippen molar-refractivity contribution in [3.05, 3.63) is 5.57 Å². The molecule has 1 heterocycles. The van der Waals surface area contributed by atoms with Gasteiger partial charge in [0.25, 0.3) is 0 Å². The van der Waals surface area contributed by atoms with Crippen molar-refractivity contribution in [1.82, 2.24) is 5.06 Å². The third-order valence-corrected chi connectivity index (χ3v) is 1.71. The van der Waals surface area contributed by atoms with E-state index < -0.39 is 0 Å². The summed E-state index contributed by atoms with van der Waals surface area (Å²) in [4.78, 5) is 15.5. The molecular weight excluding hydrogens is 142 g/mol. The molecule has 0 aromatic carbocycles. The molecule has 0 bridgehead atoms. The smallest absolute Gasteiger partial charge is 0.124 e. The summed E-state index contributed by atoms with van der Waals surface area (Å²) in [5.74, 6) is 1.94. The molecule has 0 spiro atoms. The lowest BCUT2D eigenvalue weighted by Crippen LogP contribution is -2.31. The highest BCUT2D eigenvalue weighted by Gasteiger charge is 2.14. The van der Waals surface area contributed by atoms with Crippen LogP contribution in [0.2, 0.25) is 0 Å². The number of carbonyl (C=O) groups excluding carboxylic acids is 1. The van der Waals surface area contributed by atoms with Gasteiger partial charge in [0.15, 0.2) is 0 Å². The molecule has 3 heteroatoms. The van der Waals surface area contributed by atoms with Gasteiger partial charge in [0.2, 0.25) is 0 Å². The summed E-state index contributed by atoms with van der Waals surface area (Å²) in [7, 11) is 0. The Morgan fingerprint density at radius 2 is 2.55 bits per heavy atom. The fourth-order valence-electron chi connectivity index (χ4n) is 1.22. The molecule has 1 fully saturated rings. The first-order valence-corrected chi connectivity index (χ1v) is 3.97. The van der Waals surface area contributed by atoms with Crippen LogP contribution in [-0.4, -0.2) is 30.7 Å². The van der Waals surface area contributed by atoms with Crippen LogP contribution in [0.5, 0.6) is 0 Å². The summed E-state index contributed by atoms with van der Waals surface area (Å²) in [6.07, 6.45) is 1.89. The Kier molecular flexibility index (Phi) is 3.30. The average molecular weight is 155 g/mol. The minimum atomic E-state index is 0.636. The molecule has 0 atom stereocenters. The molecule has 62 valence electrons. The van der Waals surface area contributed by atoms with Gasteiger partial charge in [0.1, 0.15) is 5.94 Å². The molecule has 0 aromatic heterocycles. The predicted octanol–water partition coefficient (Wildman–Crippen LogP) is 0.792. The van der Waals surface area contributed by atoms with Crippen molar-refractivity contribution in [2.75, 3.05) is 19.7 Å². The molecule has 0 aliphatic carbocycles.